The van der Waals surface area contributed by atoms with E-state index >= 15 is 0 Å². The second-order valence-electron chi connectivity index (χ2n) is 4.69. The van der Waals surface area contributed by atoms with Crippen LogP contribution in [0.5, 0.6) is 0 Å². The molecule has 0 radical (unpaired) electrons. The fourth-order valence-electron chi connectivity index (χ4n) is 2.31. The lowest BCUT2D eigenvalue weighted by Crippen LogP contribution is -2.21. The predicted octanol–water partition coefficient (Wildman–Crippen LogP) is 3.03. The summed E-state index contributed by atoms with van der Waals surface area (Å²) in [5.74, 6) is -0.367. The van der Waals surface area contributed by atoms with E-state index in [1.165, 1.54) is 0 Å². The molecule has 0 spiro atoms. The Kier molecular flexibility index (Phi) is 4.83. The molecule has 2 rings (SSSR count). The van der Waals surface area contributed by atoms with E-state index in [0.717, 1.165) is 21.1 Å². The number of benzene rings is 1. The van der Waals surface area contributed by atoms with Gasteiger partial charge < -0.3 is 14.4 Å². The number of hydrogen-bond donors (Lipinski definition) is 1. The van der Waals surface area contributed by atoms with Gasteiger partial charge in [-0.15, -0.1) is 0 Å². The number of esters is 1. The van der Waals surface area contributed by atoms with Gasteiger partial charge in [-0.05, 0) is 35.8 Å². The number of nitrogens with zero attached hydrogens (tertiary/aromatic N) is 1. The Morgan fingerprint density at radius 3 is 2.85 bits per heavy atom. The molecule has 0 aliphatic heterocycles. The van der Waals surface area contributed by atoms with E-state index in [4.69, 9.17) is 4.74 Å². The molecule has 1 aromatic carbocycles. The summed E-state index contributed by atoms with van der Waals surface area (Å²) < 4.78 is 7.90. The highest BCUT2D eigenvalue weighted by atomic mass is 79.9. The van der Waals surface area contributed by atoms with E-state index in [9.17, 15) is 9.90 Å². The Balaban J connectivity index is 2.21. The lowest BCUT2D eigenvalue weighted by Gasteiger charge is -2.14. The highest BCUT2D eigenvalue weighted by Gasteiger charge is 2.17. The first-order valence-corrected chi connectivity index (χ1v) is 7.41. The van der Waals surface area contributed by atoms with Crippen molar-refractivity contribution in [3.8, 4) is 0 Å². The van der Waals surface area contributed by atoms with Gasteiger partial charge >= 0.3 is 5.97 Å². The first-order valence-electron chi connectivity index (χ1n) is 6.61. The average molecular weight is 340 g/mol. The number of carbonyl (C=O) groups is 1. The molecule has 108 valence electrons. The Hall–Kier alpha value is -1.33. The van der Waals surface area contributed by atoms with E-state index in [0.29, 0.717) is 13.2 Å². The lowest BCUT2D eigenvalue weighted by molar-refractivity contribution is -0.145. The number of aliphatic hydroxyl groups is 1. The van der Waals surface area contributed by atoms with Crippen molar-refractivity contribution < 1.29 is 14.6 Å². The second-order valence-corrected chi connectivity index (χ2v) is 5.48. The fraction of sp³-hybridized carbons (Fsp3) is 0.400. The molecular formula is C15H18BrNO3. The molecule has 1 atom stereocenters. The average Bonchev–Trinajstić information content (AvgIpc) is 2.65. The van der Waals surface area contributed by atoms with Gasteiger partial charge in [-0.3, -0.25) is 4.79 Å². The van der Waals surface area contributed by atoms with Gasteiger partial charge in [0.2, 0.25) is 0 Å². The lowest BCUT2D eigenvalue weighted by atomic mass is 10.2. The van der Waals surface area contributed by atoms with Gasteiger partial charge in [-0.2, -0.15) is 0 Å². The molecule has 1 unspecified atom stereocenters. The summed E-state index contributed by atoms with van der Waals surface area (Å²) in [6.07, 6.45) is -0.743. The number of aromatic nitrogens is 1. The number of carbonyl (C=O) groups excluding carboxylic acids is 1. The Labute approximate surface area is 126 Å². The molecule has 0 aliphatic rings. The Morgan fingerprint density at radius 1 is 1.45 bits per heavy atom. The summed E-state index contributed by atoms with van der Waals surface area (Å²) >= 11 is 3.57. The van der Waals surface area contributed by atoms with Crippen LogP contribution in [-0.4, -0.2) is 28.4 Å². The molecule has 0 saturated carbocycles. The van der Waals surface area contributed by atoms with Gasteiger partial charge in [0.05, 0.1) is 19.1 Å². The summed E-state index contributed by atoms with van der Waals surface area (Å²) in [5, 5.41) is 11.2. The van der Waals surface area contributed by atoms with Crippen molar-refractivity contribution in [2.45, 2.75) is 32.9 Å². The molecule has 1 aromatic heterocycles. The summed E-state index contributed by atoms with van der Waals surface area (Å²) in [6, 6.07) is 7.97. The van der Waals surface area contributed by atoms with Crippen molar-refractivity contribution in [1.82, 2.24) is 4.57 Å². The van der Waals surface area contributed by atoms with Crippen LogP contribution in [0.3, 0.4) is 0 Å². The van der Waals surface area contributed by atoms with Gasteiger partial charge in [0.1, 0.15) is 0 Å². The van der Waals surface area contributed by atoms with E-state index < -0.39 is 6.10 Å². The largest absolute Gasteiger partial charge is 0.466 e. The molecule has 4 nitrogen and oxygen atoms in total. The van der Waals surface area contributed by atoms with Crippen molar-refractivity contribution in [1.29, 1.82) is 0 Å². The third-order valence-corrected chi connectivity index (χ3v) is 4.26. The van der Waals surface area contributed by atoms with Gasteiger partial charge in [0.25, 0.3) is 0 Å². The zero-order valence-electron chi connectivity index (χ0n) is 11.6. The number of rotatable bonds is 5. The van der Waals surface area contributed by atoms with E-state index in [1.54, 1.807) is 6.92 Å². The number of hydrogen-bond acceptors (Lipinski definition) is 3. The number of para-hydroxylation sites is 1. The van der Waals surface area contributed by atoms with Crippen LogP contribution >= 0.6 is 15.9 Å². The smallest absolute Gasteiger partial charge is 0.308 e. The first-order chi connectivity index (χ1) is 9.54. The van der Waals surface area contributed by atoms with Crippen molar-refractivity contribution in [3.05, 3.63) is 34.4 Å². The summed E-state index contributed by atoms with van der Waals surface area (Å²) in [6.45, 7) is 4.45. The maximum absolute atomic E-state index is 11.4. The second kappa shape index (κ2) is 6.41. The minimum absolute atomic E-state index is 0.0113. The van der Waals surface area contributed by atoms with Crippen molar-refractivity contribution in [2.75, 3.05) is 6.61 Å². The van der Waals surface area contributed by atoms with Crippen LogP contribution in [0.2, 0.25) is 0 Å². The number of fused-ring (bicyclic) bond motifs is 1. The van der Waals surface area contributed by atoms with Crippen LogP contribution in [0.15, 0.2) is 28.7 Å². The maximum Gasteiger partial charge on any atom is 0.308 e. The van der Waals surface area contributed by atoms with E-state index in [-0.39, 0.29) is 12.4 Å². The van der Waals surface area contributed by atoms with Crippen molar-refractivity contribution in [3.63, 3.8) is 0 Å². The SMILES string of the molecule is CCOC(=O)CC(O)Cn1c(C)c(Br)c2ccccc21. The van der Waals surface area contributed by atoms with E-state index in [2.05, 4.69) is 15.9 Å². The molecule has 0 saturated heterocycles. The zero-order chi connectivity index (χ0) is 14.7. The molecule has 0 bridgehead atoms. The van der Waals surface area contributed by atoms with Crippen LogP contribution in [0, 0.1) is 6.92 Å². The molecule has 20 heavy (non-hydrogen) atoms. The fourth-order valence-corrected chi connectivity index (χ4v) is 2.86. The van der Waals surface area contributed by atoms with E-state index in [1.807, 2.05) is 35.8 Å². The standard InChI is InChI=1S/C15H18BrNO3/c1-3-20-14(19)8-11(18)9-17-10(2)15(16)12-6-4-5-7-13(12)17/h4-7,11,18H,3,8-9H2,1-2H3. The quantitative estimate of drug-likeness (QED) is 0.852. The molecule has 2 aromatic rings. The van der Waals surface area contributed by atoms with Crippen LogP contribution in [0.4, 0.5) is 0 Å². The molecule has 1 heterocycles. The Morgan fingerprint density at radius 2 is 2.15 bits per heavy atom. The Bertz CT molecular complexity index is 621. The summed E-state index contributed by atoms with van der Waals surface area (Å²) in [4.78, 5) is 11.4. The maximum atomic E-state index is 11.4. The minimum Gasteiger partial charge on any atom is -0.466 e. The molecule has 0 fully saturated rings. The predicted molar refractivity (Wildman–Crippen MR) is 81.6 cm³/mol. The highest BCUT2D eigenvalue weighted by Crippen LogP contribution is 2.30. The summed E-state index contributed by atoms with van der Waals surface area (Å²) in [5.41, 5.74) is 2.08. The third-order valence-electron chi connectivity index (χ3n) is 3.25. The monoisotopic (exact) mass is 339 g/mol. The van der Waals surface area contributed by atoms with Gasteiger partial charge in [0, 0.05) is 27.6 Å². The molecule has 0 amide bonds. The van der Waals surface area contributed by atoms with Gasteiger partial charge in [-0.1, -0.05) is 18.2 Å². The van der Waals surface area contributed by atoms with Crippen LogP contribution < -0.4 is 0 Å². The third kappa shape index (κ3) is 3.04. The molecule has 0 aliphatic carbocycles. The van der Waals surface area contributed by atoms with Crippen LogP contribution in [0.1, 0.15) is 19.0 Å². The number of ether oxygens (including phenoxy) is 1. The summed E-state index contributed by atoms with van der Waals surface area (Å²) in [7, 11) is 0. The van der Waals surface area contributed by atoms with Crippen LogP contribution in [-0.2, 0) is 16.1 Å². The molecule has 5 heteroatoms. The normalized spacial score (nSPS) is 12.6. The number of aliphatic hydroxyl groups excluding tert-OH is 1. The van der Waals surface area contributed by atoms with Crippen molar-refractivity contribution in [2.24, 2.45) is 0 Å². The van der Waals surface area contributed by atoms with Gasteiger partial charge in [-0.25, -0.2) is 0 Å². The number of halogens is 1. The topological polar surface area (TPSA) is 51.5 Å². The minimum atomic E-state index is -0.754. The molecule has 1 N–H and O–H groups in total. The van der Waals surface area contributed by atoms with Crippen LogP contribution in [0.25, 0.3) is 10.9 Å². The van der Waals surface area contributed by atoms with Gasteiger partial charge in [0.15, 0.2) is 0 Å². The van der Waals surface area contributed by atoms with Crippen molar-refractivity contribution >= 4 is 32.8 Å². The zero-order valence-corrected chi connectivity index (χ0v) is 13.2. The first kappa shape index (κ1) is 15.1. The molecular weight excluding hydrogens is 322 g/mol. The highest BCUT2D eigenvalue weighted by molar-refractivity contribution is 9.10.